The van der Waals surface area contributed by atoms with Crippen LogP contribution < -0.4 is 10.2 Å². The van der Waals surface area contributed by atoms with Crippen LogP contribution in [0.4, 0.5) is 10.5 Å². The highest BCUT2D eigenvalue weighted by atomic mass is 16.4. The van der Waals surface area contributed by atoms with Gasteiger partial charge in [-0.3, -0.25) is 4.79 Å². The van der Waals surface area contributed by atoms with Crippen LogP contribution in [-0.4, -0.2) is 48.2 Å². The van der Waals surface area contributed by atoms with Crippen molar-refractivity contribution < 1.29 is 14.7 Å². The fraction of sp³-hybridized carbons (Fsp3) is 0.600. The Balaban J connectivity index is 1.63. The summed E-state index contributed by atoms with van der Waals surface area (Å²) < 4.78 is 0. The summed E-state index contributed by atoms with van der Waals surface area (Å²) in [6.07, 6.45) is 3.09. The number of carboxylic acids is 1. The lowest BCUT2D eigenvalue weighted by Gasteiger charge is -2.35. The molecule has 2 heterocycles. The van der Waals surface area contributed by atoms with Crippen molar-refractivity contribution in [2.24, 2.45) is 11.8 Å². The van der Waals surface area contributed by atoms with Gasteiger partial charge in [-0.05, 0) is 49.8 Å². The number of benzene rings is 1. The molecule has 2 N–H and O–H groups in total. The molecule has 0 bridgehead atoms. The number of hydrogen-bond acceptors (Lipinski definition) is 3. The van der Waals surface area contributed by atoms with Crippen LogP contribution in [0.5, 0.6) is 0 Å². The van der Waals surface area contributed by atoms with E-state index in [2.05, 4.69) is 22.3 Å². The van der Waals surface area contributed by atoms with Gasteiger partial charge >= 0.3 is 12.0 Å². The monoisotopic (exact) mass is 359 g/mol. The molecule has 3 atom stereocenters. The largest absolute Gasteiger partial charge is 0.481 e. The third kappa shape index (κ3) is 4.29. The smallest absolute Gasteiger partial charge is 0.317 e. The van der Waals surface area contributed by atoms with Gasteiger partial charge < -0.3 is 20.2 Å². The van der Waals surface area contributed by atoms with Crippen LogP contribution in [0.1, 0.15) is 44.7 Å². The maximum Gasteiger partial charge on any atom is 0.317 e. The van der Waals surface area contributed by atoms with Gasteiger partial charge in [0.2, 0.25) is 0 Å². The number of amides is 2. The summed E-state index contributed by atoms with van der Waals surface area (Å²) in [5.41, 5.74) is 2.28. The third-order valence-electron chi connectivity index (χ3n) is 5.48. The van der Waals surface area contributed by atoms with E-state index in [1.807, 2.05) is 26.0 Å². The summed E-state index contributed by atoms with van der Waals surface area (Å²) >= 11 is 0. The van der Waals surface area contributed by atoms with E-state index in [1.165, 1.54) is 18.5 Å². The predicted molar refractivity (Wildman–Crippen MR) is 101 cm³/mol. The van der Waals surface area contributed by atoms with Gasteiger partial charge in [0, 0.05) is 31.9 Å². The normalized spacial score (nSPS) is 24.4. The summed E-state index contributed by atoms with van der Waals surface area (Å²) in [5, 5.41) is 12.3. The van der Waals surface area contributed by atoms with Gasteiger partial charge in [0.15, 0.2) is 0 Å². The Labute approximate surface area is 155 Å². The van der Waals surface area contributed by atoms with E-state index < -0.39 is 11.9 Å². The van der Waals surface area contributed by atoms with Crippen LogP contribution in [-0.2, 0) is 4.79 Å². The first-order chi connectivity index (χ1) is 12.4. The fourth-order valence-electron chi connectivity index (χ4n) is 4.02. The minimum absolute atomic E-state index is 0.120. The first kappa shape index (κ1) is 18.5. The summed E-state index contributed by atoms with van der Waals surface area (Å²) in [6, 6.07) is 8.04. The van der Waals surface area contributed by atoms with Crippen LogP contribution in [0, 0.1) is 11.8 Å². The molecule has 6 nitrogen and oxygen atoms in total. The maximum absolute atomic E-state index is 12.6. The van der Waals surface area contributed by atoms with Gasteiger partial charge in [-0.1, -0.05) is 19.1 Å². The van der Waals surface area contributed by atoms with Crippen LogP contribution >= 0.6 is 0 Å². The molecule has 0 saturated carbocycles. The molecule has 2 saturated heterocycles. The van der Waals surface area contributed by atoms with Crippen LogP contribution in [0.15, 0.2) is 24.3 Å². The predicted octanol–water partition coefficient (Wildman–Crippen LogP) is 3.10. The minimum Gasteiger partial charge on any atom is -0.481 e. The molecule has 2 amide bonds. The molecular weight excluding hydrogens is 330 g/mol. The Morgan fingerprint density at radius 1 is 1.23 bits per heavy atom. The van der Waals surface area contributed by atoms with Crippen molar-refractivity contribution in [3.05, 3.63) is 29.8 Å². The Morgan fingerprint density at radius 3 is 2.65 bits per heavy atom. The zero-order chi connectivity index (χ0) is 18.7. The summed E-state index contributed by atoms with van der Waals surface area (Å²) in [6.45, 7) is 7.04. The van der Waals surface area contributed by atoms with Gasteiger partial charge in [-0.15, -0.1) is 0 Å². The molecular formula is C20H29N3O3. The highest BCUT2D eigenvalue weighted by Crippen LogP contribution is 2.25. The number of carbonyl (C=O) groups excluding carboxylic acids is 1. The Kier molecular flexibility index (Phi) is 5.69. The highest BCUT2D eigenvalue weighted by molar-refractivity contribution is 5.77. The highest BCUT2D eigenvalue weighted by Gasteiger charge is 2.32. The summed E-state index contributed by atoms with van der Waals surface area (Å²) in [7, 11) is 0. The van der Waals surface area contributed by atoms with Crippen LogP contribution in [0.2, 0.25) is 0 Å². The first-order valence-corrected chi connectivity index (χ1v) is 9.57. The second-order valence-corrected chi connectivity index (χ2v) is 7.74. The lowest BCUT2D eigenvalue weighted by Crippen LogP contribution is -2.49. The van der Waals surface area contributed by atoms with Crippen molar-refractivity contribution in [2.45, 2.75) is 39.2 Å². The molecule has 0 aliphatic carbocycles. The molecule has 2 aliphatic rings. The number of likely N-dealkylation sites (tertiary alicyclic amines) is 1. The molecule has 26 heavy (non-hydrogen) atoms. The molecule has 0 spiro atoms. The van der Waals surface area contributed by atoms with Crippen molar-refractivity contribution in [3.63, 3.8) is 0 Å². The van der Waals surface area contributed by atoms with Gasteiger partial charge in [0.1, 0.15) is 0 Å². The van der Waals surface area contributed by atoms with E-state index in [9.17, 15) is 14.7 Å². The average Bonchev–Trinajstić information content (AvgIpc) is 3.16. The minimum atomic E-state index is -0.819. The van der Waals surface area contributed by atoms with Gasteiger partial charge in [0.25, 0.3) is 0 Å². The average molecular weight is 359 g/mol. The van der Waals surface area contributed by atoms with Crippen LogP contribution in [0.3, 0.4) is 0 Å². The molecule has 1 aromatic carbocycles. The maximum atomic E-state index is 12.6. The standard InChI is InChI=1S/C20H29N3O3/c1-14-10-17(19(24)25)13-23(12-14)20(26)21-15(2)16-6-5-7-18(11-16)22-8-3-4-9-22/h5-7,11,14-15,17H,3-4,8-10,12-13H2,1-2H3,(H,21,26)(H,24,25). The van der Waals surface area contributed by atoms with Crippen molar-refractivity contribution in [1.82, 2.24) is 10.2 Å². The molecule has 0 radical (unpaired) electrons. The SMILES string of the molecule is CC1CC(C(=O)O)CN(C(=O)NC(C)c2cccc(N3CCCC3)c2)C1. The third-order valence-corrected chi connectivity index (χ3v) is 5.48. The van der Waals surface area contributed by atoms with E-state index in [4.69, 9.17) is 0 Å². The van der Waals surface area contributed by atoms with E-state index in [0.29, 0.717) is 13.0 Å². The van der Waals surface area contributed by atoms with Gasteiger partial charge in [-0.25, -0.2) is 4.79 Å². The molecule has 6 heteroatoms. The zero-order valence-corrected chi connectivity index (χ0v) is 15.6. The zero-order valence-electron chi connectivity index (χ0n) is 15.6. The molecule has 3 rings (SSSR count). The Morgan fingerprint density at radius 2 is 1.96 bits per heavy atom. The summed E-state index contributed by atoms with van der Waals surface area (Å²) in [5.74, 6) is -1.09. The first-order valence-electron chi connectivity index (χ1n) is 9.57. The number of nitrogens with one attached hydrogen (secondary N) is 1. The van der Waals surface area contributed by atoms with Crippen molar-refractivity contribution in [1.29, 1.82) is 0 Å². The fourth-order valence-corrected chi connectivity index (χ4v) is 4.02. The molecule has 2 fully saturated rings. The topological polar surface area (TPSA) is 72.9 Å². The number of nitrogens with zero attached hydrogens (tertiary/aromatic N) is 2. The Bertz CT molecular complexity index is 657. The molecule has 2 aliphatic heterocycles. The number of hydrogen-bond donors (Lipinski definition) is 2. The second kappa shape index (κ2) is 7.98. The second-order valence-electron chi connectivity index (χ2n) is 7.74. The van der Waals surface area contributed by atoms with Crippen molar-refractivity contribution >= 4 is 17.7 Å². The lowest BCUT2D eigenvalue weighted by atomic mass is 9.91. The van der Waals surface area contributed by atoms with E-state index >= 15 is 0 Å². The van der Waals surface area contributed by atoms with Gasteiger partial charge in [0.05, 0.1) is 12.0 Å². The molecule has 0 aromatic heterocycles. The van der Waals surface area contributed by atoms with Gasteiger partial charge in [-0.2, -0.15) is 0 Å². The van der Waals surface area contributed by atoms with E-state index in [1.54, 1.807) is 4.90 Å². The summed E-state index contributed by atoms with van der Waals surface area (Å²) in [4.78, 5) is 28.0. The number of urea groups is 1. The number of anilines is 1. The van der Waals surface area contributed by atoms with E-state index in [-0.39, 0.29) is 24.5 Å². The molecule has 3 unspecified atom stereocenters. The molecule has 1 aromatic rings. The van der Waals surface area contributed by atoms with Crippen LogP contribution in [0.25, 0.3) is 0 Å². The number of carboxylic acid groups (broad SMARTS) is 1. The lowest BCUT2D eigenvalue weighted by molar-refractivity contribution is -0.143. The number of piperidine rings is 1. The van der Waals surface area contributed by atoms with Crippen molar-refractivity contribution in [2.75, 3.05) is 31.1 Å². The number of carbonyl (C=O) groups is 2. The quantitative estimate of drug-likeness (QED) is 0.866. The Hall–Kier alpha value is -2.24. The van der Waals surface area contributed by atoms with Crippen molar-refractivity contribution in [3.8, 4) is 0 Å². The van der Waals surface area contributed by atoms with E-state index in [0.717, 1.165) is 18.7 Å². The number of rotatable bonds is 4. The molecule has 142 valence electrons. The number of aliphatic carboxylic acids is 1.